The number of benzene rings is 1. The molecule has 0 atom stereocenters. The molecule has 0 radical (unpaired) electrons. The van der Waals surface area contributed by atoms with Crippen molar-refractivity contribution in [2.75, 3.05) is 5.73 Å². The lowest BCUT2D eigenvalue weighted by Crippen LogP contribution is -1.98. The second-order valence-corrected chi connectivity index (χ2v) is 5.14. The lowest BCUT2D eigenvalue weighted by Gasteiger charge is -2.03. The van der Waals surface area contributed by atoms with Gasteiger partial charge in [0.25, 0.3) is 0 Å². The van der Waals surface area contributed by atoms with Crippen molar-refractivity contribution in [1.82, 2.24) is 4.98 Å². The third-order valence-electron chi connectivity index (χ3n) is 1.86. The molecule has 0 saturated heterocycles. The van der Waals surface area contributed by atoms with Gasteiger partial charge in [0.1, 0.15) is 0 Å². The molecule has 2 rings (SSSR count). The van der Waals surface area contributed by atoms with Gasteiger partial charge >= 0.3 is 5.97 Å². The van der Waals surface area contributed by atoms with Crippen LogP contribution in [0.2, 0.25) is 0 Å². The SMILES string of the molecule is Nc1cc(C(=O)O)ccc1Sc1nccs1. The summed E-state index contributed by atoms with van der Waals surface area (Å²) >= 11 is 2.95. The molecule has 1 aromatic heterocycles. The van der Waals surface area contributed by atoms with Crippen LogP contribution in [-0.4, -0.2) is 16.1 Å². The lowest BCUT2D eigenvalue weighted by atomic mass is 10.2. The maximum absolute atomic E-state index is 10.7. The molecule has 1 aromatic carbocycles. The highest BCUT2D eigenvalue weighted by atomic mass is 32.2. The van der Waals surface area contributed by atoms with Crippen LogP contribution in [0.25, 0.3) is 0 Å². The number of thiazole rings is 1. The minimum absolute atomic E-state index is 0.195. The number of nitrogens with zero attached hydrogens (tertiary/aromatic N) is 1. The Morgan fingerprint density at radius 3 is 2.88 bits per heavy atom. The van der Waals surface area contributed by atoms with E-state index in [2.05, 4.69) is 4.98 Å². The van der Waals surface area contributed by atoms with Crippen LogP contribution in [0.3, 0.4) is 0 Å². The number of carboxylic acids is 1. The highest BCUT2D eigenvalue weighted by molar-refractivity contribution is 8.01. The number of hydrogen-bond donors (Lipinski definition) is 2. The first-order chi connectivity index (χ1) is 7.66. The van der Waals surface area contributed by atoms with Crippen molar-refractivity contribution in [3.05, 3.63) is 35.3 Å². The summed E-state index contributed by atoms with van der Waals surface area (Å²) in [5.41, 5.74) is 6.42. The monoisotopic (exact) mass is 252 g/mol. The number of carbonyl (C=O) groups is 1. The number of anilines is 1. The third-order valence-corrected chi connectivity index (χ3v) is 3.84. The Balaban J connectivity index is 2.26. The summed E-state index contributed by atoms with van der Waals surface area (Å²) in [6.07, 6.45) is 1.72. The number of hydrogen-bond acceptors (Lipinski definition) is 5. The topological polar surface area (TPSA) is 76.2 Å². The van der Waals surface area contributed by atoms with Gasteiger partial charge in [-0.1, -0.05) is 11.8 Å². The summed E-state index contributed by atoms with van der Waals surface area (Å²) in [5.74, 6) is -0.975. The Morgan fingerprint density at radius 1 is 1.50 bits per heavy atom. The Labute approximate surface area is 100 Å². The van der Waals surface area contributed by atoms with Crippen molar-refractivity contribution in [3.8, 4) is 0 Å². The van der Waals surface area contributed by atoms with Gasteiger partial charge in [0.15, 0.2) is 4.34 Å². The van der Waals surface area contributed by atoms with Crippen molar-refractivity contribution in [2.45, 2.75) is 9.24 Å². The third kappa shape index (κ3) is 2.34. The molecule has 3 N–H and O–H groups in total. The van der Waals surface area contributed by atoms with Gasteiger partial charge in [0.2, 0.25) is 0 Å². The van der Waals surface area contributed by atoms with Gasteiger partial charge in [-0.3, -0.25) is 0 Å². The van der Waals surface area contributed by atoms with E-state index in [9.17, 15) is 4.79 Å². The zero-order chi connectivity index (χ0) is 11.5. The lowest BCUT2D eigenvalue weighted by molar-refractivity contribution is 0.0697. The predicted molar refractivity (Wildman–Crippen MR) is 64.1 cm³/mol. The van der Waals surface area contributed by atoms with Crippen LogP contribution in [0.15, 0.2) is 39.0 Å². The van der Waals surface area contributed by atoms with Gasteiger partial charge in [-0.15, -0.1) is 11.3 Å². The molecule has 0 saturated carbocycles. The Morgan fingerprint density at radius 2 is 2.31 bits per heavy atom. The zero-order valence-electron chi connectivity index (χ0n) is 8.08. The van der Waals surface area contributed by atoms with Gasteiger partial charge in [-0.05, 0) is 18.2 Å². The maximum atomic E-state index is 10.7. The summed E-state index contributed by atoms with van der Waals surface area (Å²) in [6.45, 7) is 0. The fourth-order valence-electron chi connectivity index (χ4n) is 1.13. The molecule has 82 valence electrons. The van der Waals surface area contributed by atoms with Crippen molar-refractivity contribution in [1.29, 1.82) is 0 Å². The summed E-state index contributed by atoms with van der Waals surface area (Å²) in [6, 6.07) is 4.69. The van der Waals surface area contributed by atoms with E-state index in [-0.39, 0.29) is 5.56 Å². The Bertz CT molecular complexity index is 512. The van der Waals surface area contributed by atoms with Crippen molar-refractivity contribution >= 4 is 34.8 Å². The quantitative estimate of drug-likeness (QED) is 0.821. The van der Waals surface area contributed by atoms with Crippen LogP contribution < -0.4 is 5.73 Å². The molecular formula is C10H8N2O2S2. The molecule has 6 heteroatoms. The average molecular weight is 252 g/mol. The van der Waals surface area contributed by atoms with E-state index in [1.165, 1.54) is 35.2 Å². The second-order valence-electron chi connectivity index (χ2n) is 2.96. The Hall–Kier alpha value is -1.53. The predicted octanol–water partition coefficient (Wildman–Crippen LogP) is 2.57. The van der Waals surface area contributed by atoms with Gasteiger partial charge in [0, 0.05) is 22.2 Å². The number of rotatable bonds is 3. The van der Waals surface area contributed by atoms with E-state index >= 15 is 0 Å². The summed E-state index contributed by atoms with van der Waals surface area (Å²) in [7, 11) is 0. The van der Waals surface area contributed by atoms with Crippen LogP contribution in [0.1, 0.15) is 10.4 Å². The van der Waals surface area contributed by atoms with Gasteiger partial charge < -0.3 is 10.8 Å². The fourth-order valence-corrected chi connectivity index (χ4v) is 2.73. The van der Waals surface area contributed by atoms with Crippen LogP contribution in [0.4, 0.5) is 5.69 Å². The van der Waals surface area contributed by atoms with Crippen LogP contribution in [0, 0.1) is 0 Å². The summed E-state index contributed by atoms with van der Waals surface area (Å²) in [4.78, 5) is 15.6. The number of aromatic nitrogens is 1. The van der Waals surface area contributed by atoms with E-state index in [4.69, 9.17) is 10.8 Å². The summed E-state index contributed by atoms with van der Waals surface area (Å²) in [5, 5.41) is 10.7. The first-order valence-corrected chi connectivity index (χ1v) is 6.06. The zero-order valence-corrected chi connectivity index (χ0v) is 9.72. The molecule has 0 bridgehead atoms. The minimum atomic E-state index is -0.975. The molecule has 0 aliphatic heterocycles. The van der Waals surface area contributed by atoms with Gasteiger partial charge in [-0.2, -0.15) is 0 Å². The van der Waals surface area contributed by atoms with E-state index in [0.717, 1.165) is 9.24 Å². The van der Waals surface area contributed by atoms with Crippen molar-refractivity contribution in [2.24, 2.45) is 0 Å². The standard InChI is InChI=1S/C10H8N2O2S2/c11-7-5-6(9(13)14)1-2-8(7)16-10-12-3-4-15-10/h1-5H,11H2,(H,13,14). The fraction of sp³-hybridized carbons (Fsp3) is 0. The number of aromatic carboxylic acids is 1. The molecule has 0 unspecified atom stereocenters. The van der Waals surface area contributed by atoms with Crippen LogP contribution >= 0.6 is 23.1 Å². The molecular weight excluding hydrogens is 244 g/mol. The van der Waals surface area contributed by atoms with E-state index in [1.807, 2.05) is 5.38 Å². The normalized spacial score (nSPS) is 10.2. The molecule has 1 heterocycles. The molecule has 0 aliphatic carbocycles. The Kier molecular flexibility index (Phi) is 3.12. The first kappa shape index (κ1) is 11.0. The molecule has 0 aliphatic rings. The van der Waals surface area contributed by atoms with Crippen molar-refractivity contribution in [3.63, 3.8) is 0 Å². The minimum Gasteiger partial charge on any atom is -0.478 e. The first-order valence-electron chi connectivity index (χ1n) is 4.37. The number of nitrogens with two attached hydrogens (primary N) is 1. The van der Waals surface area contributed by atoms with E-state index < -0.39 is 5.97 Å². The molecule has 0 spiro atoms. The second kappa shape index (κ2) is 4.54. The van der Waals surface area contributed by atoms with Crippen LogP contribution in [0.5, 0.6) is 0 Å². The molecule has 0 amide bonds. The molecule has 0 fully saturated rings. The number of carboxylic acid groups (broad SMARTS) is 1. The molecule has 2 aromatic rings. The average Bonchev–Trinajstić information content (AvgIpc) is 2.73. The van der Waals surface area contributed by atoms with E-state index in [1.54, 1.807) is 12.3 Å². The number of nitrogen functional groups attached to an aromatic ring is 1. The largest absolute Gasteiger partial charge is 0.478 e. The van der Waals surface area contributed by atoms with Crippen LogP contribution in [-0.2, 0) is 0 Å². The highest BCUT2D eigenvalue weighted by Crippen LogP contribution is 2.33. The summed E-state index contributed by atoms with van der Waals surface area (Å²) < 4.78 is 0.884. The molecule has 16 heavy (non-hydrogen) atoms. The highest BCUT2D eigenvalue weighted by Gasteiger charge is 2.08. The maximum Gasteiger partial charge on any atom is 0.335 e. The van der Waals surface area contributed by atoms with Crippen molar-refractivity contribution < 1.29 is 9.90 Å². The van der Waals surface area contributed by atoms with Gasteiger partial charge in [-0.25, -0.2) is 9.78 Å². The van der Waals surface area contributed by atoms with Gasteiger partial charge in [0.05, 0.1) is 5.56 Å². The smallest absolute Gasteiger partial charge is 0.335 e. The molecule has 4 nitrogen and oxygen atoms in total. The van der Waals surface area contributed by atoms with E-state index in [0.29, 0.717) is 5.69 Å².